The summed E-state index contributed by atoms with van der Waals surface area (Å²) in [4.78, 5) is 14.6. The first-order chi connectivity index (χ1) is 4.76. The molecule has 0 unspecified atom stereocenters. The van der Waals surface area contributed by atoms with Crippen LogP contribution in [0.3, 0.4) is 0 Å². The molecule has 0 saturated heterocycles. The van der Waals surface area contributed by atoms with Gasteiger partial charge in [-0.15, -0.1) is 0 Å². The number of ketones is 1. The molecule has 0 bridgehead atoms. The van der Waals surface area contributed by atoms with Gasteiger partial charge >= 0.3 is 0 Å². The summed E-state index contributed by atoms with van der Waals surface area (Å²) in [5.74, 6) is -0.00472. The van der Waals surface area contributed by atoms with E-state index in [0.717, 1.165) is 0 Å². The number of allylic oxidation sites excluding steroid dienone is 1. The molecule has 0 aliphatic carbocycles. The van der Waals surface area contributed by atoms with Crippen LogP contribution < -0.4 is 0 Å². The second-order valence-corrected chi connectivity index (χ2v) is 1.68. The van der Waals surface area contributed by atoms with Gasteiger partial charge in [0.15, 0.2) is 5.78 Å². The first kappa shape index (κ1) is 8.82. The lowest BCUT2D eigenvalue weighted by Crippen LogP contribution is -2.08. The molecule has 0 amide bonds. The average molecular weight is 137 g/mol. The summed E-state index contributed by atoms with van der Waals surface area (Å²) in [5.41, 5.74) is 0.387. The van der Waals surface area contributed by atoms with Crippen molar-refractivity contribution in [3.63, 3.8) is 0 Å². The van der Waals surface area contributed by atoms with E-state index in [1.54, 1.807) is 6.92 Å². The van der Waals surface area contributed by atoms with Crippen LogP contribution in [0.4, 0.5) is 0 Å². The Bertz CT molecular complexity index is 180. The molecule has 0 fully saturated rings. The molecule has 54 valence electrons. The van der Waals surface area contributed by atoms with Crippen molar-refractivity contribution in [1.29, 1.82) is 0 Å². The van der Waals surface area contributed by atoms with Crippen molar-refractivity contribution in [3.8, 4) is 0 Å². The summed E-state index contributed by atoms with van der Waals surface area (Å²) in [6, 6.07) is 0. The second-order valence-electron chi connectivity index (χ2n) is 1.68. The maximum atomic E-state index is 10.9. The molecule has 0 aromatic heterocycles. The van der Waals surface area contributed by atoms with Gasteiger partial charge in [-0.2, -0.15) is 0 Å². The molecule has 0 N–H and O–H groups in total. The molecule has 0 saturated carbocycles. The predicted octanol–water partition coefficient (Wildman–Crippen LogP) is 1.74. The zero-order valence-corrected chi connectivity index (χ0v) is 6.13. The molecule has 10 heavy (non-hydrogen) atoms. The van der Waals surface area contributed by atoms with Gasteiger partial charge in [-0.3, -0.25) is 9.79 Å². The third-order valence-corrected chi connectivity index (χ3v) is 1.03. The quantitative estimate of drug-likeness (QED) is 0.542. The number of Topliss-reactive ketones (excluding diaryl/α,β-unsaturated/α-hetero) is 1. The van der Waals surface area contributed by atoms with Crippen molar-refractivity contribution in [2.45, 2.75) is 13.3 Å². The van der Waals surface area contributed by atoms with E-state index in [9.17, 15) is 4.79 Å². The molecule has 0 atom stereocenters. The van der Waals surface area contributed by atoms with Gasteiger partial charge in [0.1, 0.15) is 5.71 Å². The van der Waals surface area contributed by atoms with Gasteiger partial charge in [0.25, 0.3) is 0 Å². The summed E-state index contributed by atoms with van der Waals surface area (Å²) in [5, 5.41) is 0. The second kappa shape index (κ2) is 4.68. The fourth-order valence-corrected chi connectivity index (χ4v) is 0.518. The molecule has 0 spiro atoms. The third-order valence-electron chi connectivity index (χ3n) is 1.03. The summed E-state index contributed by atoms with van der Waals surface area (Å²) in [6.07, 6.45) is 3.23. The molecule has 0 aromatic carbocycles. The fourth-order valence-electron chi connectivity index (χ4n) is 0.518. The monoisotopic (exact) mass is 137 g/mol. The number of hydrogen-bond acceptors (Lipinski definition) is 2. The number of nitrogens with zero attached hydrogens (tertiary/aromatic N) is 1. The molecule has 0 heterocycles. The van der Waals surface area contributed by atoms with Gasteiger partial charge in [0, 0.05) is 12.6 Å². The van der Waals surface area contributed by atoms with E-state index >= 15 is 0 Å². The van der Waals surface area contributed by atoms with E-state index in [0.29, 0.717) is 12.1 Å². The maximum absolute atomic E-state index is 10.9. The van der Waals surface area contributed by atoms with Crippen LogP contribution in [0.25, 0.3) is 0 Å². The highest BCUT2D eigenvalue weighted by atomic mass is 16.1. The molecule has 2 nitrogen and oxygen atoms in total. The Kier molecular flexibility index (Phi) is 4.12. The SMILES string of the molecule is C=CN=C(C=C)C(=O)CC. The number of rotatable bonds is 4. The predicted molar refractivity (Wildman–Crippen MR) is 43.1 cm³/mol. The summed E-state index contributed by atoms with van der Waals surface area (Å²) in [7, 11) is 0. The highest BCUT2D eigenvalue weighted by Crippen LogP contribution is 1.88. The Morgan fingerprint density at radius 3 is 2.50 bits per heavy atom. The van der Waals surface area contributed by atoms with Crippen molar-refractivity contribution >= 4 is 11.5 Å². The number of carbonyl (C=O) groups excluding carboxylic acids is 1. The Morgan fingerprint density at radius 2 is 2.20 bits per heavy atom. The van der Waals surface area contributed by atoms with Crippen LogP contribution in [-0.4, -0.2) is 11.5 Å². The van der Waals surface area contributed by atoms with Crippen LogP contribution in [0.15, 0.2) is 30.4 Å². The van der Waals surface area contributed by atoms with E-state index in [1.165, 1.54) is 12.3 Å². The molecule has 0 aliphatic rings. The Balaban J connectivity index is 4.34. The normalized spacial score (nSPS) is 10.7. The van der Waals surface area contributed by atoms with Crippen molar-refractivity contribution in [3.05, 3.63) is 25.4 Å². The Labute approximate surface area is 61.0 Å². The third kappa shape index (κ3) is 2.40. The van der Waals surface area contributed by atoms with E-state index in [1.807, 2.05) is 0 Å². The van der Waals surface area contributed by atoms with Crippen LogP contribution in [0.1, 0.15) is 13.3 Å². The number of aliphatic imine (C=N–C) groups is 1. The highest BCUT2D eigenvalue weighted by molar-refractivity contribution is 6.44. The van der Waals surface area contributed by atoms with Crippen LogP contribution in [-0.2, 0) is 4.79 Å². The van der Waals surface area contributed by atoms with Gasteiger partial charge in [-0.05, 0) is 6.08 Å². The fraction of sp³-hybridized carbons (Fsp3) is 0.250. The Hall–Kier alpha value is -1.18. The highest BCUT2D eigenvalue weighted by Gasteiger charge is 2.01. The van der Waals surface area contributed by atoms with E-state index in [2.05, 4.69) is 18.2 Å². The van der Waals surface area contributed by atoms with Crippen LogP contribution in [0, 0.1) is 0 Å². The minimum Gasteiger partial charge on any atom is -0.292 e. The first-order valence-electron chi connectivity index (χ1n) is 3.10. The van der Waals surface area contributed by atoms with Crippen molar-refractivity contribution in [2.75, 3.05) is 0 Å². The van der Waals surface area contributed by atoms with Crippen molar-refractivity contribution in [1.82, 2.24) is 0 Å². The molecular formula is C8H11NO. The van der Waals surface area contributed by atoms with Gasteiger partial charge in [-0.25, -0.2) is 0 Å². The van der Waals surface area contributed by atoms with Crippen LogP contribution in [0.5, 0.6) is 0 Å². The lowest BCUT2D eigenvalue weighted by atomic mass is 10.2. The first-order valence-corrected chi connectivity index (χ1v) is 3.10. The largest absolute Gasteiger partial charge is 0.292 e. The zero-order chi connectivity index (χ0) is 7.98. The van der Waals surface area contributed by atoms with E-state index in [-0.39, 0.29) is 5.78 Å². The minimum absolute atomic E-state index is 0.00472. The van der Waals surface area contributed by atoms with E-state index in [4.69, 9.17) is 0 Å². The van der Waals surface area contributed by atoms with Gasteiger partial charge in [-0.1, -0.05) is 20.1 Å². The lowest BCUT2D eigenvalue weighted by Gasteiger charge is -1.92. The number of hydrogen-bond donors (Lipinski definition) is 0. The topological polar surface area (TPSA) is 29.4 Å². The summed E-state index contributed by atoms with van der Waals surface area (Å²) >= 11 is 0. The van der Waals surface area contributed by atoms with Gasteiger partial charge < -0.3 is 0 Å². The maximum Gasteiger partial charge on any atom is 0.180 e. The molecule has 0 radical (unpaired) electrons. The number of carbonyl (C=O) groups is 1. The average Bonchev–Trinajstić information content (AvgIpc) is 1.99. The molecule has 0 rings (SSSR count). The summed E-state index contributed by atoms with van der Waals surface area (Å²) in [6.45, 7) is 8.61. The zero-order valence-electron chi connectivity index (χ0n) is 6.13. The van der Waals surface area contributed by atoms with E-state index < -0.39 is 0 Å². The van der Waals surface area contributed by atoms with Crippen LogP contribution in [0.2, 0.25) is 0 Å². The smallest absolute Gasteiger partial charge is 0.180 e. The Morgan fingerprint density at radius 1 is 1.60 bits per heavy atom. The molecule has 0 aliphatic heterocycles. The van der Waals surface area contributed by atoms with Gasteiger partial charge in [0.05, 0.1) is 0 Å². The molecule has 0 aromatic rings. The standard InChI is InChI=1S/C8H11NO/c1-4-7(9-6-3)8(10)5-2/h4,6H,1,3,5H2,2H3. The van der Waals surface area contributed by atoms with Crippen molar-refractivity contribution in [2.24, 2.45) is 4.99 Å². The minimum atomic E-state index is -0.00472. The van der Waals surface area contributed by atoms with Crippen molar-refractivity contribution < 1.29 is 4.79 Å². The lowest BCUT2D eigenvalue weighted by molar-refractivity contribution is -0.112. The molecular weight excluding hydrogens is 126 g/mol. The molecule has 2 heteroatoms. The summed E-state index contributed by atoms with van der Waals surface area (Å²) < 4.78 is 0. The van der Waals surface area contributed by atoms with Gasteiger partial charge in [0.2, 0.25) is 0 Å². The van der Waals surface area contributed by atoms with Crippen LogP contribution >= 0.6 is 0 Å².